The zero-order chi connectivity index (χ0) is 22.5. The van der Waals surface area contributed by atoms with Crippen molar-refractivity contribution in [3.8, 4) is 28.7 Å². The fraction of sp³-hybridized carbons (Fsp3) is 0.200. The first kappa shape index (κ1) is 19.5. The summed E-state index contributed by atoms with van der Waals surface area (Å²) in [4.78, 5) is 22.0. The van der Waals surface area contributed by atoms with Crippen molar-refractivity contribution in [3.63, 3.8) is 0 Å². The lowest BCUT2D eigenvalue weighted by molar-refractivity contribution is -0.116. The van der Waals surface area contributed by atoms with Gasteiger partial charge in [0.1, 0.15) is 5.82 Å². The van der Waals surface area contributed by atoms with Gasteiger partial charge >= 0.3 is 0 Å². The van der Waals surface area contributed by atoms with Crippen LogP contribution in [0, 0.1) is 13.8 Å². The minimum Gasteiger partial charge on any atom is -0.454 e. The SMILES string of the molecule is Cc1cc(C)nc(-n2nc(-c3ccccc3)c3c2NC(=O)CC3c2ccc3c(c2)OCO3)n1. The summed E-state index contributed by atoms with van der Waals surface area (Å²) in [6.07, 6.45) is 0.297. The molecule has 0 bridgehead atoms. The molecule has 0 radical (unpaired) electrons. The Morgan fingerprint density at radius 1 is 0.970 bits per heavy atom. The molecule has 8 heteroatoms. The molecular weight excluding hydrogens is 418 g/mol. The number of nitrogens with one attached hydrogen (secondary N) is 1. The van der Waals surface area contributed by atoms with Gasteiger partial charge in [0.15, 0.2) is 11.5 Å². The Morgan fingerprint density at radius 3 is 2.52 bits per heavy atom. The van der Waals surface area contributed by atoms with Gasteiger partial charge in [0.2, 0.25) is 12.7 Å². The van der Waals surface area contributed by atoms with Gasteiger partial charge in [0, 0.05) is 34.9 Å². The summed E-state index contributed by atoms with van der Waals surface area (Å²) in [5, 5.41) is 7.95. The minimum absolute atomic E-state index is 0.0877. The zero-order valence-electron chi connectivity index (χ0n) is 18.2. The fourth-order valence-electron chi connectivity index (χ4n) is 4.52. The van der Waals surface area contributed by atoms with Crippen LogP contribution < -0.4 is 14.8 Å². The Morgan fingerprint density at radius 2 is 1.73 bits per heavy atom. The number of carbonyl (C=O) groups excluding carboxylic acids is 1. The Bertz CT molecular complexity index is 1380. The van der Waals surface area contributed by atoms with E-state index in [0.717, 1.165) is 33.8 Å². The molecule has 6 rings (SSSR count). The van der Waals surface area contributed by atoms with Crippen LogP contribution in [0.3, 0.4) is 0 Å². The number of rotatable bonds is 3. The summed E-state index contributed by atoms with van der Waals surface area (Å²) < 4.78 is 12.7. The monoisotopic (exact) mass is 439 g/mol. The van der Waals surface area contributed by atoms with Gasteiger partial charge in [-0.1, -0.05) is 36.4 Å². The van der Waals surface area contributed by atoms with Crippen LogP contribution in [0.2, 0.25) is 0 Å². The maximum absolute atomic E-state index is 12.9. The third kappa shape index (κ3) is 3.31. The topological polar surface area (TPSA) is 91.2 Å². The van der Waals surface area contributed by atoms with Crippen LogP contribution in [-0.2, 0) is 4.79 Å². The normalized spacial score (nSPS) is 16.4. The highest BCUT2D eigenvalue weighted by Gasteiger charge is 2.35. The number of ether oxygens (including phenoxy) is 2. The van der Waals surface area contributed by atoms with Crippen molar-refractivity contribution in [2.24, 2.45) is 0 Å². The first-order valence-electron chi connectivity index (χ1n) is 10.8. The van der Waals surface area contributed by atoms with E-state index in [9.17, 15) is 4.79 Å². The molecule has 0 aliphatic carbocycles. The number of fused-ring (bicyclic) bond motifs is 2. The summed E-state index contributed by atoms with van der Waals surface area (Å²) in [7, 11) is 0. The predicted octanol–water partition coefficient (Wildman–Crippen LogP) is 4.15. The van der Waals surface area contributed by atoms with Crippen molar-refractivity contribution < 1.29 is 14.3 Å². The van der Waals surface area contributed by atoms with E-state index in [-0.39, 0.29) is 18.6 Å². The molecule has 2 aliphatic heterocycles. The van der Waals surface area contributed by atoms with Crippen molar-refractivity contribution in [2.75, 3.05) is 12.1 Å². The summed E-state index contributed by atoms with van der Waals surface area (Å²) in [5.41, 5.74) is 5.31. The second-order valence-corrected chi connectivity index (χ2v) is 8.26. The van der Waals surface area contributed by atoms with Gasteiger partial charge in [-0.05, 0) is 37.6 Å². The van der Waals surface area contributed by atoms with E-state index in [4.69, 9.17) is 14.6 Å². The Balaban J connectivity index is 1.59. The molecular formula is C25H21N5O3. The maximum Gasteiger partial charge on any atom is 0.252 e. The molecule has 0 saturated heterocycles. The molecule has 1 amide bonds. The highest BCUT2D eigenvalue weighted by atomic mass is 16.7. The van der Waals surface area contributed by atoms with Crippen molar-refractivity contribution in [2.45, 2.75) is 26.2 Å². The Labute approximate surface area is 190 Å². The van der Waals surface area contributed by atoms with E-state index in [1.165, 1.54) is 0 Å². The summed E-state index contributed by atoms with van der Waals surface area (Å²) in [6.45, 7) is 4.03. The predicted molar refractivity (Wildman–Crippen MR) is 122 cm³/mol. The molecule has 0 saturated carbocycles. The Hall–Kier alpha value is -4.20. The number of carbonyl (C=O) groups is 1. The molecule has 8 nitrogen and oxygen atoms in total. The van der Waals surface area contributed by atoms with Gasteiger partial charge in [-0.15, -0.1) is 0 Å². The van der Waals surface area contributed by atoms with Gasteiger partial charge in [0.25, 0.3) is 5.95 Å². The lowest BCUT2D eigenvalue weighted by Crippen LogP contribution is -2.25. The smallest absolute Gasteiger partial charge is 0.252 e. The molecule has 2 aromatic heterocycles. The maximum atomic E-state index is 12.9. The number of anilines is 1. The van der Waals surface area contributed by atoms with Crippen molar-refractivity contribution >= 4 is 11.7 Å². The molecule has 1 atom stereocenters. The first-order chi connectivity index (χ1) is 16.1. The van der Waals surface area contributed by atoms with Crippen molar-refractivity contribution in [3.05, 3.63) is 77.1 Å². The number of nitrogens with zero attached hydrogens (tertiary/aromatic N) is 4. The van der Waals surface area contributed by atoms with Crippen LogP contribution in [0.25, 0.3) is 17.2 Å². The number of amides is 1. The molecule has 0 fully saturated rings. The van der Waals surface area contributed by atoms with E-state index in [0.29, 0.717) is 29.7 Å². The number of hydrogen-bond donors (Lipinski definition) is 1. The quantitative estimate of drug-likeness (QED) is 0.516. The second kappa shape index (κ2) is 7.44. The highest BCUT2D eigenvalue weighted by molar-refractivity contribution is 5.96. The zero-order valence-corrected chi connectivity index (χ0v) is 18.2. The summed E-state index contributed by atoms with van der Waals surface area (Å²) in [5.74, 6) is 2.12. The second-order valence-electron chi connectivity index (χ2n) is 8.26. The van der Waals surface area contributed by atoms with Crippen molar-refractivity contribution in [1.29, 1.82) is 0 Å². The number of aryl methyl sites for hydroxylation is 2. The van der Waals surface area contributed by atoms with Crippen LogP contribution in [0.15, 0.2) is 54.6 Å². The van der Waals surface area contributed by atoms with Gasteiger partial charge in [-0.25, -0.2) is 9.97 Å². The average Bonchev–Trinajstić information content (AvgIpc) is 3.42. The van der Waals surface area contributed by atoms with Gasteiger partial charge in [-0.3, -0.25) is 4.79 Å². The molecule has 0 spiro atoms. The van der Waals surface area contributed by atoms with E-state index >= 15 is 0 Å². The molecule has 33 heavy (non-hydrogen) atoms. The molecule has 1 N–H and O–H groups in total. The van der Waals surface area contributed by atoms with Crippen LogP contribution in [0.1, 0.15) is 34.9 Å². The van der Waals surface area contributed by atoms with Crippen LogP contribution >= 0.6 is 0 Å². The number of aromatic nitrogens is 4. The largest absolute Gasteiger partial charge is 0.454 e. The van der Waals surface area contributed by atoms with E-state index < -0.39 is 0 Å². The summed E-state index contributed by atoms with van der Waals surface area (Å²) >= 11 is 0. The standard InChI is InChI=1S/C25H21N5O3/c1-14-10-15(2)27-25(26-14)30-24-22(23(29-30)16-6-4-3-5-7-16)18(12-21(31)28-24)17-8-9-19-20(11-17)33-13-32-19/h3-11,18H,12-13H2,1-2H3,(H,28,31). The minimum atomic E-state index is -0.210. The number of hydrogen-bond acceptors (Lipinski definition) is 6. The molecule has 2 aromatic carbocycles. The van der Waals surface area contributed by atoms with E-state index in [1.807, 2.05) is 68.4 Å². The summed E-state index contributed by atoms with van der Waals surface area (Å²) in [6, 6.07) is 17.7. The lowest BCUT2D eigenvalue weighted by atomic mass is 9.84. The van der Waals surface area contributed by atoms with Gasteiger partial charge < -0.3 is 14.8 Å². The lowest BCUT2D eigenvalue weighted by Gasteiger charge is -2.24. The van der Waals surface area contributed by atoms with Gasteiger partial charge in [0.05, 0.1) is 5.69 Å². The molecule has 2 aliphatic rings. The molecule has 164 valence electrons. The number of benzene rings is 2. The molecule has 1 unspecified atom stereocenters. The van der Waals surface area contributed by atoms with Gasteiger partial charge in [-0.2, -0.15) is 9.78 Å². The Kier molecular flexibility index (Phi) is 4.39. The van der Waals surface area contributed by atoms with E-state index in [1.54, 1.807) is 4.68 Å². The fourth-order valence-corrected chi connectivity index (χ4v) is 4.52. The van der Waals surface area contributed by atoms with Crippen molar-refractivity contribution in [1.82, 2.24) is 19.7 Å². The highest BCUT2D eigenvalue weighted by Crippen LogP contribution is 2.45. The molecule has 4 heterocycles. The third-order valence-electron chi connectivity index (χ3n) is 5.92. The average molecular weight is 439 g/mol. The molecule has 4 aromatic rings. The van der Waals surface area contributed by atoms with Crippen LogP contribution in [-0.4, -0.2) is 32.4 Å². The third-order valence-corrected chi connectivity index (χ3v) is 5.92. The van der Waals surface area contributed by atoms with Crippen LogP contribution in [0.5, 0.6) is 11.5 Å². The van der Waals surface area contributed by atoms with Crippen LogP contribution in [0.4, 0.5) is 5.82 Å². The van der Waals surface area contributed by atoms with E-state index in [2.05, 4.69) is 15.3 Å². The first-order valence-corrected chi connectivity index (χ1v) is 10.8.